The van der Waals surface area contributed by atoms with Gasteiger partial charge >= 0.3 is 0 Å². The molecule has 0 aliphatic carbocycles. The third kappa shape index (κ3) is 5.84. The van der Waals surface area contributed by atoms with Gasteiger partial charge in [-0.3, -0.25) is 9.48 Å². The number of hydrogen-bond acceptors (Lipinski definition) is 4. The van der Waals surface area contributed by atoms with Crippen LogP contribution in [-0.2, 0) is 6.54 Å². The van der Waals surface area contributed by atoms with E-state index in [-0.39, 0.29) is 5.69 Å². The maximum absolute atomic E-state index is 12.5. The standard InChI is InChI=1S/C24H18BrClN4O2/c25-22-16-30(15-17-9-11-19(26)12-10-17)29-23(22)24(31)28-27-14-18-5-4-8-21(13-18)32-20-6-2-1-3-7-20/h1-14,16H,15H2,(H,28,31). The van der Waals surface area contributed by atoms with E-state index in [2.05, 4.69) is 31.6 Å². The molecule has 0 aliphatic heterocycles. The topological polar surface area (TPSA) is 68.5 Å². The molecule has 1 heterocycles. The van der Waals surface area contributed by atoms with Crippen LogP contribution < -0.4 is 10.2 Å². The van der Waals surface area contributed by atoms with Crippen molar-refractivity contribution >= 4 is 39.7 Å². The molecule has 8 heteroatoms. The van der Waals surface area contributed by atoms with Crippen molar-refractivity contribution in [3.63, 3.8) is 0 Å². The summed E-state index contributed by atoms with van der Waals surface area (Å²) in [5.41, 5.74) is 4.56. The number of nitrogens with one attached hydrogen (secondary N) is 1. The van der Waals surface area contributed by atoms with Crippen LogP contribution in [0.4, 0.5) is 0 Å². The molecule has 0 unspecified atom stereocenters. The van der Waals surface area contributed by atoms with Gasteiger partial charge in [-0.1, -0.05) is 54.1 Å². The number of rotatable bonds is 7. The van der Waals surface area contributed by atoms with Crippen LogP contribution in [0.1, 0.15) is 21.6 Å². The van der Waals surface area contributed by atoms with Crippen molar-refractivity contribution in [3.8, 4) is 11.5 Å². The Hall–Kier alpha value is -3.42. The molecule has 4 rings (SSSR count). The lowest BCUT2D eigenvalue weighted by Gasteiger charge is -2.05. The summed E-state index contributed by atoms with van der Waals surface area (Å²) in [6, 6.07) is 24.4. The largest absolute Gasteiger partial charge is 0.457 e. The third-order valence-electron chi connectivity index (χ3n) is 4.41. The molecular formula is C24H18BrClN4O2. The van der Waals surface area contributed by atoms with Gasteiger partial charge in [0.05, 0.1) is 17.2 Å². The van der Waals surface area contributed by atoms with E-state index in [9.17, 15) is 4.79 Å². The van der Waals surface area contributed by atoms with Crippen molar-refractivity contribution in [2.45, 2.75) is 6.54 Å². The van der Waals surface area contributed by atoms with E-state index < -0.39 is 5.91 Å². The number of aromatic nitrogens is 2. The lowest BCUT2D eigenvalue weighted by Crippen LogP contribution is -2.19. The predicted molar refractivity (Wildman–Crippen MR) is 128 cm³/mol. The lowest BCUT2D eigenvalue weighted by molar-refractivity contribution is 0.0948. The Kier molecular flexibility index (Phi) is 6.99. The molecule has 0 aliphatic rings. The van der Waals surface area contributed by atoms with Gasteiger partial charge in [-0.2, -0.15) is 10.2 Å². The molecule has 6 nitrogen and oxygen atoms in total. The SMILES string of the molecule is O=C(NN=Cc1cccc(Oc2ccccc2)c1)c1nn(Cc2ccc(Cl)cc2)cc1Br. The fraction of sp³-hybridized carbons (Fsp3) is 0.0417. The minimum absolute atomic E-state index is 0.247. The first kappa shape index (κ1) is 21.8. The van der Waals surface area contributed by atoms with Gasteiger partial charge in [-0.25, -0.2) is 5.43 Å². The van der Waals surface area contributed by atoms with Crippen LogP contribution >= 0.6 is 27.5 Å². The summed E-state index contributed by atoms with van der Waals surface area (Å²) in [5.74, 6) is 1.00. The van der Waals surface area contributed by atoms with E-state index in [0.29, 0.717) is 21.8 Å². The first-order valence-corrected chi connectivity index (χ1v) is 10.9. The molecule has 0 fully saturated rings. The monoisotopic (exact) mass is 508 g/mol. The number of nitrogens with zero attached hydrogens (tertiary/aromatic N) is 3. The van der Waals surface area contributed by atoms with Crippen LogP contribution in [0.25, 0.3) is 0 Å². The van der Waals surface area contributed by atoms with E-state index in [1.807, 2.05) is 78.9 Å². The van der Waals surface area contributed by atoms with Gasteiger partial charge < -0.3 is 4.74 Å². The summed E-state index contributed by atoms with van der Waals surface area (Å²) in [6.07, 6.45) is 3.30. The summed E-state index contributed by atoms with van der Waals surface area (Å²) in [6.45, 7) is 0.514. The number of halogens is 2. The van der Waals surface area contributed by atoms with Gasteiger partial charge in [-0.15, -0.1) is 0 Å². The van der Waals surface area contributed by atoms with Gasteiger partial charge in [0.25, 0.3) is 5.91 Å². The Labute approximate surface area is 198 Å². The molecule has 160 valence electrons. The summed E-state index contributed by atoms with van der Waals surface area (Å²) >= 11 is 9.31. The minimum atomic E-state index is -0.417. The Bertz CT molecular complexity index is 1240. The highest BCUT2D eigenvalue weighted by Gasteiger charge is 2.15. The Morgan fingerprint density at radius 2 is 1.81 bits per heavy atom. The van der Waals surface area contributed by atoms with Gasteiger partial charge in [0.15, 0.2) is 5.69 Å². The normalized spacial score (nSPS) is 10.9. The predicted octanol–water partition coefficient (Wildman–Crippen LogP) is 5.90. The highest BCUT2D eigenvalue weighted by atomic mass is 79.9. The second kappa shape index (κ2) is 10.3. The number of carbonyl (C=O) groups excluding carboxylic acids is 1. The molecule has 0 spiro atoms. The van der Waals surface area contributed by atoms with Crippen molar-refractivity contribution in [1.29, 1.82) is 0 Å². The summed E-state index contributed by atoms with van der Waals surface area (Å²) in [4.78, 5) is 12.5. The van der Waals surface area contributed by atoms with Crippen LogP contribution in [0.5, 0.6) is 11.5 Å². The van der Waals surface area contributed by atoms with Gasteiger partial charge in [-0.05, 0) is 63.5 Å². The van der Waals surface area contributed by atoms with Gasteiger partial charge in [0.2, 0.25) is 0 Å². The molecule has 0 radical (unpaired) electrons. The Morgan fingerprint density at radius 1 is 1.06 bits per heavy atom. The molecule has 0 saturated heterocycles. The van der Waals surface area contributed by atoms with E-state index in [1.165, 1.54) is 0 Å². The van der Waals surface area contributed by atoms with Crippen LogP contribution in [0, 0.1) is 0 Å². The Morgan fingerprint density at radius 3 is 2.59 bits per heavy atom. The minimum Gasteiger partial charge on any atom is -0.457 e. The molecule has 0 bridgehead atoms. The molecule has 0 saturated carbocycles. The molecule has 1 N–H and O–H groups in total. The summed E-state index contributed by atoms with van der Waals surface area (Å²) < 4.78 is 8.07. The van der Waals surface area contributed by atoms with Gasteiger partial charge in [0.1, 0.15) is 11.5 Å². The molecule has 1 amide bonds. The van der Waals surface area contributed by atoms with Crippen LogP contribution in [0.2, 0.25) is 5.02 Å². The highest BCUT2D eigenvalue weighted by Crippen LogP contribution is 2.21. The van der Waals surface area contributed by atoms with Crippen molar-refractivity contribution in [3.05, 3.63) is 111 Å². The van der Waals surface area contributed by atoms with Crippen molar-refractivity contribution in [1.82, 2.24) is 15.2 Å². The number of hydrogen-bond donors (Lipinski definition) is 1. The van der Waals surface area contributed by atoms with E-state index >= 15 is 0 Å². The van der Waals surface area contributed by atoms with Crippen LogP contribution in [0.3, 0.4) is 0 Å². The first-order valence-electron chi connectivity index (χ1n) is 9.70. The van der Waals surface area contributed by atoms with E-state index in [1.54, 1.807) is 17.1 Å². The maximum Gasteiger partial charge on any atom is 0.293 e. The molecule has 3 aromatic carbocycles. The number of benzene rings is 3. The zero-order valence-electron chi connectivity index (χ0n) is 16.8. The maximum atomic E-state index is 12.5. The molecule has 4 aromatic rings. The average Bonchev–Trinajstić information content (AvgIpc) is 3.16. The molecule has 0 atom stereocenters. The first-order chi connectivity index (χ1) is 15.6. The number of ether oxygens (including phenoxy) is 1. The molecule has 1 aromatic heterocycles. The molecular weight excluding hydrogens is 492 g/mol. The summed E-state index contributed by atoms with van der Waals surface area (Å²) in [7, 11) is 0. The van der Waals surface area contributed by atoms with Crippen LogP contribution in [-0.4, -0.2) is 21.9 Å². The van der Waals surface area contributed by atoms with E-state index in [0.717, 1.165) is 16.9 Å². The highest BCUT2D eigenvalue weighted by molar-refractivity contribution is 9.10. The summed E-state index contributed by atoms with van der Waals surface area (Å²) in [5, 5.41) is 9.06. The number of para-hydroxylation sites is 1. The number of hydrazone groups is 1. The fourth-order valence-corrected chi connectivity index (χ4v) is 3.53. The van der Waals surface area contributed by atoms with Crippen molar-refractivity contribution in [2.75, 3.05) is 0 Å². The Balaban J connectivity index is 1.38. The second-order valence-electron chi connectivity index (χ2n) is 6.84. The zero-order chi connectivity index (χ0) is 22.3. The van der Waals surface area contributed by atoms with E-state index in [4.69, 9.17) is 16.3 Å². The second-order valence-corrected chi connectivity index (χ2v) is 8.13. The van der Waals surface area contributed by atoms with Crippen molar-refractivity contribution < 1.29 is 9.53 Å². The van der Waals surface area contributed by atoms with Gasteiger partial charge in [0, 0.05) is 11.2 Å². The molecule has 32 heavy (non-hydrogen) atoms. The fourth-order valence-electron chi connectivity index (χ4n) is 2.91. The zero-order valence-corrected chi connectivity index (χ0v) is 19.1. The quantitative estimate of drug-likeness (QED) is 0.249. The van der Waals surface area contributed by atoms with Crippen LogP contribution in [0.15, 0.2) is 94.6 Å². The number of amides is 1. The lowest BCUT2D eigenvalue weighted by atomic mass is 10.2. The van der Waals surface area contributed by atoms with Crippen molar-refractivity contribution in [2.24, 2.45) is 5.10 Å². The number of carbonyl (C=O) groups is 1. The third-order valence-corrected chi connectivity index (χ3v) is 5.24. The average molecular weight is 510 g/mol. The smallest absolute Gasteiger partial charge is 0.293 e.